The van der Waals surface area contributed by atoms with Crippen molar-refractivity contribution in [1.29, 1.82) is 0 Å². The summed E-state index contributed by atoms with van der Waals surface area (Å²) in [6.45, 7) is 7.22. The van der Waals surface area contributed by atoms with E-state index >= 15 is 0 Å². The van der Waals surface area contributed by atoms with Gasteiger partial charge >= 0.3 is 0 Å². The molecule has 2 aliphatic rings. The lowest BCUT2D eigenvalue weighted by atomic mass is 10.1. The Hall–Kier alpha value is -3.65. The van der Waals surface area contributed by atoms with Gasteiger partial charge in [0.05, 0.1) is 31.7 Å². The van der Waals surface area contributed by atoms with Gasteiger partial charge in [-0.05, 0) is 25.6 Å². The van der Waals surface area contributed by atoms with Crippen LogP contribution in [0.2, 0.25) is 0 Å². The molecule has 1 unspecified atom stereocenters. The molecule has 0 radical (unpaired) electrons. The first-order valence-electron chi connectivity index (χ1n) is 13.4. The Morgan fingerprint density at radius 3 is 2.49 bits per heavy atom. The van der Waals surface area contributed by atoms with Crippen molar-refractivity contribution in [3.05, 3.63) is 41.9 Å². The van der Waals surface area contributed by atoms with Gasteiger partial charge in [0, 0.05) is 76.1 Å². The quantitative estimate of drug-likeness (QED) is 0.437. The van der Waals surface area contributed by atoms with Gasteiger partial charge in [0.1, 0.15) is 35.1 Å². The minimum absolute atomic E-state index is 0.180. The molecule has 206 valence electrons. The van der Waals surface area contributed by atoms with Crippen LogP contribution in [-0.2, 0) is 4.79 Å². The second-order valence-electron chi connectivity index (χ2n) is 10.4. The maximum atomic E-state index is 12.8. The molecule has 1 atom stereocenters. The Bertz CT molecular complexity index is 1360. The maximum Gasteiger partial charge on any atom is 0.148 e. The lowest BCUT2D eigenvalue weighted by Crippen LogP contribution is -2.45. The molecule has 39 heavy (non-hydrogen) atoms. The van der Waals surface area contributed by atoms with Gasteiger partial charge < -0.3 is 29.6 Å². The second kappa shape index (κ2) is 12.0. The zero-order chi connectivity index (χ0) is 27.4. The van der Waals surface area contributed by atoms with Crippen LogP contribution in [0.1, 0.15) is 30.0 Å². The molecule has 0 saturated carbocycles. The summed E-state index contributed by atoms with van der Waals surface area (Å²) in [5.41, 5.74) is 8.60. The van der Waals surface area contributed by atoms with E-state index in [4.69, 9.17) is 15.2 Å². The number of fused-ring (bicyclic) bond motifs is 1. The first-order valence-corrected chi connectivity index (χ1v) is 13.4. The Labute approximate surface area is 229 Å². The average Bonchev–Trinajstić information content (AvgIpc) is 3.56. The minimum atomic E-state index is 0.180. The fourth-order valence-corrected chi connectivity index (χ4v) is 5.37. The molecule has 3 aromatic rings. The Balaban J connectivity index is 1.29. The van der Waals surface area contributed by atoms with Crippen molar-refractivity contribution >= 4 is 22.6 Å². The number of likely N-dealkylation sites (N-methyl/N-ethyl adjacent to an activating group) is 1. The van der Waals surface area contributed by atoms with E-state index in [1.54, 1.807) is 14.2 Å². The zero-order valence-corrected chi connectivity index (χ0v) is 23.0. The number of aromatic nitrogens is 3. The number of hydrogen-bond acceptors (Lipinski definition) is 9. The number of nitrogens with two attached hydrogens (primary N) is 1. The van der Waals surface area contributed by atoms with Gasteiger partial charge in [0.15, 0.2) is 0 Å². The number of ether oxygens (including phenoxy) is 2. The highest BCUT2D eigenvalue weighted by Crippen LogP contribution is 2.30. The topological polar surface area (TPSA) is 102 Å². The molecule has 2 saturated heterocycles. The van der Waals surface area contributed by atoms with Gasteiger partial charge in [-0.1, -0.05) is 11.8 Å². The molecule has 0 bridgehead atoms. The van der Waals surface area contributed by atoms with Crippen molar-refractivity contribution in [3.8, 4) is 23.3 Å². The number of likely N-dealkylation sites (tertiary alicyclic amines) is 1. The number of rotatable bonds is 8. The molecule has 2 aromatic heterocycles. The predicted molar refractivity (Wildman–Crippen MR) is 151 cm³/mol. The number of benzene rings is 1. The molecule has 2 aliphatic heterocycles. The summed E-state index contributed by atoms with van der Waals surface area (Å²) >= 11 is 0. The molecule has 4 heterocycles. The van der Waals surface area contributed by atoms with Crippen LogP contribution in [0.15, 0.2) is 30.7 Å². The molecular weight excluding hydrogens is 494 g/mol. The van der Waals surface area contributed by atoms with Crippen molar-refractivity contribution < 1.29 is 14.3 Å². The fourth-order valence-electron chi connectivity index (χ4n) is 5.37. The van der Waals surface area contributed by atoms with Gasteiger partial charge in [0.2, 0.25) is 0 Å². The van der Waals surface area contributed by atoms with Gasteiger partial charge in [-0.2, -0.15) is 0 Å². The van der Waals surface area contributed by atoms with E-state index in [1.165, 1.54) is 6.33 Å². The smallest absolute Gasteiger partial charge is 0.148 e. The van der Waals surface area contributed by atoms with E-state index < -0.39 is 0 Å². The summed E-state index contributed by atoms with van der Waals surface area (Å²) in [5, 5.41) is 0.751. The summed E-state index contributed by atoms with van der Waals surface area (Å²) in [4.78, 5) is 28.5. The number of ketones is 1. The summed E-state index contributed by atoms with van der Waals surface area (Å²) in [5.74, 6) is 8.54. The van der Waals surface area contributed by atoms with Crippen LogP contribution in [0.4, 0.5) is 5.82 Å². The average molecular weight is 532 g/mol. The van der Waals surface area contributed by atoms with Crippen molar-refractivity contribution in [3.63, 3.8) is 0 Å². The molecule has 2 N–H and O–H groups in total. The molecule has 0 aliphatic carbocycles. The van der Waals surface area contributed by atoms with Crippen molar-refractivity contribution in [1.82, 2.24) is 29.2 Å². The Morgan fingerprint density at radius 1 is 1.03 bits per heavy atom. The second-order valence-corrected chi connectivity index (χ2v) is 10.4. The number of Topliss-reactive ketones (excluding diaryl/α,β-unsaturated/α-hetero) is 1. The predicted octanol–water partition coefficient (Wildman–Crippen LogP) is 1.88. The third-order valence-electron chi connectivity index (χ3n) is 7.68. The molecular formula is C29H37N7O3. The van der Waals surface area contributed by atoms with E-state index in [9.17, 15) is 4.79 Å². The van der Waals surface area contributed by atoms with Crippen LogP contribution >= 0.6 is 0 Å². The Morgan fingerprint density at radius 2 is 1.77 bits per heavy atom. The lowest BCUT2D eigenvalue weighted by molar-refractivity contribution is -0.120. The number of carbonyl (C=O) groups excluding carboxylic acids is 1. The van der Waals surface area contributed by atoms with E-state index in [0.717, 1.165) is 74.4 Å². The zero-order valence-electron chi connectivity index (χ0n) is 23.0. The van der Waals surface area contributed by atoms with Gasteiger partial charge in [0.25, 0.3) is 0 Å². The highest BCUT2D eigenvalue weighted by Gasteiger charge is 2.28. The summed E-state index contributed by atoms with van der Waals surface area (Å²) in [6, 6.07) is 5.72. The number of piperazine rings is 1. The van der Waals surface area contributed by atoms with Gasteiger partial charge in [-0.25, -0.2) is 9.97 Å². The highest BCUT2D eigenvalue weighted by molar-refractivity contribution is 5.92. The largest absolute Gasteiger partial charge is 0.497 e. The minimum Gasteiger partial charge on any atom is -0.497 e. The number of methoxy groups -OCH3 is 2. The molecule has 2 fully saturated rings. The van der Waals surface area contributed by atoms with Crippen LogP contribution in [0.3, 0.4) is 0 Å². The first kappa shape index (κ1) is 26.9. The molecule has 5 rings (SSSR count). The fraction of sp³-hybridized carbons (Fsp3) is 0.483. The van der Waals surface area contributed by atoms with Crippen molar-refractivity contribution in [2.45, 2.75) is 18.9 Å². The van der Waals surface area contributed by atoms with Crippen molar-refractivity contribution in [2.24, 2.45) is 0 Å². The van der Waals surface area contributed by atoms with Crippen LogP contribution in [-0.4, -0.2) is 109 Å². The van der Waals surface area contributed by atoms with E-state index in [-0.39, 0.29) is 6.04 Å². The number of anilines is 1. The number of hydrogen-bond donors (Lipinski definition) is 1. The SMILES string of the molecule is COc1cc(C#Cc2cn(C3CCN(CC(=O)CCN4CCN(C)CC4)C3)c3ncnc(N)c23)cc(OC)c1. The molecule has 1 aromatic carbocycles. The van der Waals surface area contributed by atoms with Crippen LogP contribution in [0.25, 0.3) is 11.0 Å². The van der Waals surface area contributed by atoms with Crippen LogP contribution < -0.4 is 15.2 Å². The van der Waals surface area contributed by atoms with E-state index in [1.807, 2.05) is 24.4 Å². The van der Waals surface area contributed by atoms with Crippen molar-refractivity contribution in [2.75, 3.05) is 79.4 Å². The monoisotopic (exact) mass is 531 g/mol. The molecule has 10 heteroatoms. The number of carbonyl (C=O) groups is 1. The molecule has 0 amide bonds. The van der Waals surface area contributed by atoms with Crippen LogP contribution in [0, 0.1) is 11.8 Å². The maximum absolute atomic E-state index is 12.8. The highest BCUT2D eigenvalue weighted by atomic mass is 16.5. The third-order valence-corrected chi connectivity index (χ3v) is 7.68. The van der Waals surface area contributed by atoms with Gasteiger partial charge in [-0.3, -0.25) is 9.69 Å². The first-order chi connectivity index (χ1) is 18.9. The normalized spacial score (nSPS) is 18.7. The number of nitrogens with zero attached hydrogens (tertiary/aromatic N) is 6. The number of nitrogen functional groups attached to an aromatic ring is 1. The molecule has 10 nitrogen and oxygen atoms in total. The Kier molecular flexibility index (Phi) is 8.31. The van der Waals surface area contributed by atoms with E-state index in [2.05, 4.69) is 48.1 Å². The van der Waals surface area contributed by atoms with Gasteiger partial charge in [-0.15, -0.1) is 0 Å². The summed E-state index contributed by atoms with van der Waals surface area (Å²) < 4.78 is 12.9. The van der Waals surface area contributed by atoms with Crippen LogP contribution in [0.5, 0.6) is 11.5 Å². The lowest BCUT2D eigenvalue weighted by Gasteiger charge is -2.32. The van der Waals surface area contributed by atoms with E-state index in [0.29, 0.717) is 36.1 Å². The molecule has 0 spiro atoms. The summed E-state index contributed by atoms with van der Waals surface area (Å²) in [7, 11) is 5.38. The third kappa shape index (κ3) is 6.33. The standard InChI is InChI=1S/C29H37N7O3/c1-33-10-12-34(13-11-33)9-7-24(37)19-35-8-6-23(18-35)36-17-22(27-28(30)31-20-32-29(27)36)5-4-21-14-25(38-2)16-26(15-21)39-3/h14-17,20,23H,6-13,18-19H2,1-3H3,(H2,30,31,32). The summed E-state index contributed by atoms with van der Waals surface area (Å²) in [6.07, 6.45) is 5.05.